The number of benzene rings is 1. The zero-order chi connectivity index (χ0) is 15.7. The Hall–Kier alpha value is -2.60. The van der Waals surface area contributed by atoms with Gasteiger partial charge in [0.05, 0.1) is 35.1 Å². The number of halogens is 1. The summed E-state index contributed by atoms with van der Waals surface area (Å²) in [5.41, 5.74) is 1.51. The van der Waals surface area contributed by atoms with Crippen molar-refractivity contribution >= 4 is 28.6 Å². The molecule has 0 unspecified atom stereocenters. The number of carbonyl (C=O) groups is 1. The Bertz CT molecular complexity index is 897. The third-order valence-electron chi connectivity index (χ3n) is 3.18. The predicted molar refractivity (Wildman–Crippen MR) is 82.7 cm³/mol. The highest BCUT2D eigenvalue weighted by Gasteiger charge is 2.16. The van der Waals surface area contributed by atoms with E-state index in [1.807, 2.05) is 0 Å². The molecule has 0 spiro atoms. The van der Waals surface area contributed by atoms with E-state index in [0.717, 1.165) is 0 Å². The molecule has 0 bridgehead atoms. The number of hydrogen-bond acceptors (Lipinski definition) is 4. The molecule has 22 heavy (non-hydrogen) atoms. The maximum absolute atomic E-state index is 12.3. The third-order valence-corrected chi connectivity index (χ3v) is 3.41. The van der Waals surface area contributed by atoms with E-state index in [2.05, 4.69) is 9.97 Å². The minimum absolute atomic E-state index is 0.265. The molecule has 3 rings (SSSR count). The minimum Gasteiger partial charge on any atom is -0.462 e. The molecular formula is C15H12ClN3O3. The number of carbonyl (C=O) groups excluding carboxylic acids is 1. The fourth-order valence-corrected chi connectivity index (χ4v) is 2.38. The zero-order valence-electron chi connectivity index (χ0n) is 11.7. The average Bonchev–Trinajstić information content (AvgIpc) is 2.84. The Kier molecular flexibility index (Phi) is 3.68. The molecule has 112 valence electrons. The Morgan fingerprint density at radius 3 is 2.86 bits per heavy atom. The van der Waals surface area contributed by atoms with Gasteiger partial charge in [-0.3, -0.25) is 4.57 Å². The quantitative estimate of drug-likeness (QED) is 0.595. The second-order valence-corrected chi connectivity index (χ2v) is 4.91. The van der Waals surface area contributed by atoms with Gasteiger partial charge in [0.25, 0.3) is 0 Å². The second-order valence-electron chi connectivity index (χ2n) is 4.52. The topological polar surface area (TPSA) is 77.0 Å². The molecule has 0 radical (unpaired) electrons. The van der Waals surface area contributed by atoms with Crippen molar-refractivity contribution in [3.05, 3.63) is 57.7 Å². The highest BCUT2D eigenvalue weighted by atomic mass is 35.5. The number of hydrogen-bond donors (Lipinski definition) is 1. The molecule has 0 aliphatic heterocycles. The highest BCUT2D eigenvalue weighted by Crippen LogP contribution is 2.20. The van der Waals surface area contributed by atoms with Crippen molar-refractivity contribution in [3.63, 3.8) is 0 Å². The van der Waals surface area contributed by atoms with Gasteiger partial charge >= 0.3 is 11.7 Å². The summed E-state index contributed by atoms with van der Waals surface area (Å²) in [7, 11) is 0. The molecule has 0 atom stereocenters. The fourth-order valence-electron chi connectivity index (χ4n) is 2.27. The highest BCUT2D eigenvalue weighted by molar-refractivity contribution is 6.29. The summed E-state index contributed by atoms with van der Waals surface area (Å²) in [6, 6.07) is 8.32. The minimum atomic E-state index is -0.476. The van der Waals surface area contributed by atoms with Crippen molar-refractivity contribution in [1.82, 2.24) is 14.5 Å². The maximum Gasteiger partial charge on any atom is 0.340 e. The first-order valence-electron chi connectivity index (χ1n) is 6.64. The number of aromatic amines is 1. The van der Waals surface area contributed by atoms with Gasteiger partial charge < -0.3 is 9.72 Å². The van der Waals surface area contributed by atoms with Crippen molar-refractivity contribution in [2.75, 3.05) is 6.61 Å². The van der Waals surface area contributed by atoms with Gasteiger partial charge in [0.15, 0.2) is 0 Å². The van der Waals surface area contributed by atoms with Crippen molar-refractivity contribution < 1.29 is 9.53 Å². The first kappa shape index (κ1) is 14.3. The van der Waals surface area contributed by atoms with Gasteiger partial charge in [0, 0.05) is 0 Å². The molecular weight excluding hydrogens is 306 g/mol. The molecule has 2 heterocycles. The summed E-state index contributed by atoms with van der Waals surface area (Å²) in [6.45, 7) is 1.99. The van der Waals surface area contributed by atoms with Crippen LogP contribution in [-0.2, 0) is 4.74 Å². The van der Waals surface area contributed by atoms with Crippen molar-refractivity contribution in [1.29, 1.82) is 0 Å². The first-order chi connectivity index (χ1) is 10.6. The van der Waals surface area contributed by atoms with Gasteiger partial charge in [0.1, 0.15) is 5.15 Å². The van der Waals surface area contributed by atoms with Gasteiger partial charge in [0.2, 0.25) is 0 Å². The number of aromatic nitrogens is 3. The number of ether oxygens (including phenoxy) is 1. The van der Waals surface area contributed by atoms with Crippen LogP contribution in [-0.4, -0.2) is 27.1 Å². The smallest absolute Gasteiger partial charge is 0.340 e. The Labute approximate surface area is 130 Å². The fraction of sp³-hybridized carbons (Fsp3) is 0.133. The third kappa shape index (κ3) is 2.37. The lowest BCUT2D eigenvalue weighted by Crippen LogP contribution is -2.14. The largest absolute Gasteiger partial charge is 0.462 e. The van der Waals surface area contributed by atoms with Crippen LogP contribution in [0.3, 0.4) is 0 Å². The summed E-state index contributed by atoms with van der Waals surface area (Å²) in [5, 5.41) is 0.337. The average molecular weight is 318 g/mol. The molecule has 0 fully saturated rings. The van der Waals surface area contributed by atoms with Gasteiger partial charge in [-0.1, -0.05) is 17.7 Å². The molecule has 2 aromatic heterocycles. The maximum atomic E-state index is 12.3. The van der Waals surface area contributed by atoms with Crippen LogP contribution in [0.15, 0.2) is 41.3 Å². The van der Waals surface area contributed by atoms with E-state index in [1.54, 1.807) is 37.3 Å². The van der Waals surface area contributed by atoms with E-state index < -0.39 is 5.97 Å². The Morgan fingerprint density at radius 2 is 2.18 bits per heavy atom. The normalized spacial score (nSPS) is 10.8. The van der Waals surface area contributed by atoms with E-state index in [1.165, 1.54) is 10.8 Å². The molecule has 1 aromatic carbocycles. The number of imidazole rings is 1. The number of rotatable bonds is 3. The Balaban J connectivity index is 2.23. The van der Waals surface area contributed by atoms with E-state index in [9.17, 15) is 9.59 Å². The number of H-pyrrole nitrogens is 1. The number of pyridine rings is 1. The summed E-state index contributed by atoms with van der Waals surface area (Å²) < 4.78 is 6.44. The van der Waals surface area contributed by atoms with Crippen LogP contribution >= 0.6 is 11.6 Å². The molecule has 0 aliphatic rings. The Morgan fingerprint density at radius 1 is 1.36 bits per heavy atom. The molecule has 0 aliphatic carbocycles. The lowest BCUT2D eigenvalue weighted by molar-refractivity contribution is 0.0528. The number of para-hydroxylation sites is 1. The standard InChI is InChI=1S/C15H12ClN3O3/c1-2-22-14(20)10-4-3-5-11-13(10)18-15(21)19(11)9-6-7-12(16)17-8-9/h3-8H,2H2,1H3,(H,18,21). The van der Waals surface area contributed by atoms with Gasteiger partial charge in [-0.2, -0.15) is 0 Å². The van der Waals surface area contributed by atoms with Crippen molar-refractivity contribution in [2.45, 2.75) is 6.92 Å². The second kappa shape index (κ2) is 5.65. The van der Waals surface area contributed by atoms with Crippen LogP contribution in [0.1, 0.15) is 17.3 Å². The molecule has 6 nitrogen and oxygen atoms in total. The first-order valence-corrected chi connectivity index (χ1v) is 7.02. The molecule has 1 N–H and O–H groups in total. The van der Waals surface area contributed by atoms with Gasteiger partial charge in [-0.25, -0.2) is 14.6 Å². The van der Waals surface area contributed by atoms with Gasteiger partial charge in [-0.15, -0.1) is 0 Å². The lowest BCUT2D eigenvalue weighted by atomic mass is 10.2. The van der Waals surface area contributed by atoms with E-state index >= 15 is 0 Å². The number of esters is 1. The summed E-state index contributed by atoms with van der Waals surface area (Å²) >= 11 is 5.77. The van der Waals surface area contributed by atoms with E-state index in [0.29, 0.717) is 27.4 Å². The number of fused-ring (bicyclic) bond motifs is 1. The summed E-state index contributed by atoms with van der Waals surface area (Å²) in [4.78, 5) is 30.9. The van der Waals surface area contributed by atoms with Crippen molar-refractivity contribution in [3.8, 4) is 5.69 Å². The van der Waals surface area contributed by atoms with E-state index in [-0.39, 0.29) is 12.3 Å². The molecule has 3 aromatic rings. The predicted octanol–water partition coefficient (Wildman–Crippen LogP) is 2.54. The number of nitrogens with one attached hydrogen (secondary N) is 1. The molecule has 0 amide bonds. The molecule has 0 saturated heterocycles. The monoisotopic (exact) mass is 317 g/mol. The van der Waals surface area contributed by atoms with E-state index in [4.69, 9.17) is 16.3 Å². The van der Waals surface area contributed by atoms with Crippen molar-refractivity contribution in [2.24, 2.45) is 0 Å². The van der Waals surface area contributed by atoms with Crippen LogP contribution in [0.4, 0.5) is 0 Å². The van der Waals surface area contributed by atoms with Crippen LogP contribution in [0.5, 0.6) is 0 Å². The van der Waals surface area contributed by atoms with Gasteiger partial charge in [-0.05, 0) is 31.2 Å². The SMILES string of the molecule is CCOC(=O)c1cccc2c1[nH]c(=O)n2-c1ccc(Cl)nc1. The molecule has 7 heteroatoms. The molecule has 0 saturated carbocycles. The zero-order valence-corrected chi connectivity index (χ0v) is 12.4. The van der Waals surface area contributed by atoms with Crippen LogP contribution in [0.25, 0.3) is 16.7 Å². The van der Waals surface area contributed by atoms with Crippen LogP contribution in [0, 0.1) is 0 Å². The summed E-state index contributed by atoms with van der Waals surface area (Å²) in [5.74, 6) is -0.476. The summed E-state index contributed by atoms with van der Waals surface area (Å²) in [6.07, 6.45) is 1.49. The number of nitrogens with zero attached hydrogens (tertiary/aromatic N) is 2. The van der Waals surface area contributed by atoms with Crippen LogP contribution in [0.2, 0.25) is 5.15 Å². The lowest BCUT2D eigenvalue weighted by Gasteiger charge is -2.05. The van der Waals surface area contributed by atoms with Crippen LogP contribution < -0.4 is 5.69 Å².